The molecule has 0 aliphatic carbocycles. The van der Waals surface area contributed by atoms with Gasteiger partial charge in [0.2, 0.25) is 11.8 Å². The van der Waals surface area contributed by atoms with Crippen LogP contribution in [0.2, 0.25) is 0 Å². The first-order valence-electron chi connectivity index (χ1n) is 7.47. The summed E-state index contributed by atoms with van der Waals surface area (Å²) in [6.07, 6.45) is 1.04. The van der Waals surface area contributed by atoms with Crippen molar-refractivity contribution in [3.05, 3.63) is 12.1 Å². The molecule has 22 heavy (non-hydrogen) atoms. The summed E-state index contributed by atoms with van der Waals surface area (Å²) in [5, 5.41) is 7.96. The highest BCUT2D eigenvalue weighted by molar-refractivity contribution is 8.07. The Hall–Kier alpha value is -0.750. The van der Waals surface area contributed by atoms with Crippen LogP contribution in [0.1, 0.15) is 41.0 Å². The van der Waals surface area contributed by atoms with Crippen LogP contribution in [0.15, 0.2) is 12.1 Å². The van der Waals surface area contributed by atoms with Crippen molar-refractivity contribution in [3.8, 4) is 11.8 Å². The largest absolute Gasteiger partial charge is 0.474 e. The maximum absolute atomic E-state index is 5.70. The van der Waals surface area contributed by atoms with Crippen LogP contribution in [-0.4, -0.2) is 29.5 Å². The Morgan fingerprint density at radius 3 is 2.05 bits per heavy atom. The van der Waals surface area contributed by atoms with E-state index in [1.165, 1.54) is 0 Å². The number of rotatable bonds is 10. The van der Waals surface area contributed by atoms with E-state index in [-0.39, 0.29) is 12.0 Å². The molecule has 1 heterocycles. The summed E-state index contributed by atoms with van der Waals surface area (Å²) in [7, 11) is 0. The fraction of sp³-hybridized carbons (Fsp3) is 0.714. The van der Waals surface area contributed by atoms with Crippen molar-refractivity contribution in [3.63, 3.8) is 0 Å². The van der Waals surface area contributed by atoms with Crippen molar-refractivity contribution in [1.29, 1.82) is 0 Å². The first-order chi connectivity index (χ1) is 10.4. The molecule has 0 aliphatic rings. The van der Waals surface area contributed by atoms with Crippen molar-refractivity contribution in [2.24, 2.45) is 5.92 Å². The van der Waals surface area contributed by atoms with Crippen LogP contribution in [0.25, 0.3) is 0 Å². The van der Waals surface area contributed by atoms with E-state index < -0.39 is 6.72 Å². The van der Waals surface area contributed by atoms with Gasteiger partial charge in [0.05, 0.1) is 19.3 Å². The van der Waals surface area contributed by atoms with Gasteiger partial charge in [-0.25, -0.2) is 0 Å². The number of hydrogen-bond donors (Lipinski definition) is 0. The second-order valence-corrected chi connectivity index (χ2v) is 8.08. The fourth-order valence-corrected chi connectivity index (χ4v) is 3.86. The molecule has 8 heteroatoms. The summed E-state index contributed by atoms with van der Waals surface area (Å²) >= 11 is 5.28. The number of hydrogen-bond acceptors (Lipinski definition) is 7. The number of nitrogens with zero attached hydrogens (tertiary/aromatic N) is 2. The van der Waals surface area contributed by atoms with Gasteiger partial charge in [-0.1, -0.05) is 13.8 Å². The third-order valence-electron chi connectivity index (χ3n) is 2.52. The Bertz CT molecular complexity index is 474. The molecule has 0 bridgehead atoms. The lowest BCUT2D eigenvalue weighted by Crippen LogP contribution is -2.15. The summed E-state index contributed by atoms with van der Waals surface area (Å²) < 4.78 is 22.0. The summed E-state index contributed by atoms with van der Waals surface area (Å²) in [4.78, 5) is 0. The Morgan fingerprint density at radius 1 is 1.05 bits per heavy atom. The van der Waals surface area contributed by atoms with Crippen molar-refractivity contribution in [2.45, 2.75) is 47.1 Å². The lowest BCUT2D eigenvalue weighted by molar-refractivity contribution is 0.182. The summed E-state index contributed by atoms with van der Waals surface area (Å²) in [5.41, 5.74) is 0. The van der Waals surface area contributed by atoms with E-state index in [0.717, 1.165) is 6.42 Å². The molecule has 0 aliphatic heterocycles. The quantitative estimate of drug-likeness (QED) is 0.593. The maximum Gasteiger partial charge on any atom is 0.381 e. The van der Waals surface area contributed by atoms with Crippen LogP contribution < -0.4 is 9.26 Å². The van der Waals surface area contributed by atoms with Gasteiger partial charge in [-0.3, -0.25) is 9.05 Å². The van der Waals surface area contributed by atoms with Gasteiger partial charge in [0.15, 0.2) is 0 Å². The molecule has 1 aromatic heterocycles. The molecular weight excluding hydrogens is 323 g/mol. The van der Waals surface area contributed by atoms with Crippen molar-refractivity contribution in [2.75, 3.05) is 13.2 Å². The molecule has 1 unspecified atom stereocenters. The lowest BCUT2D eigenvalue weighted by Gasteiger charge is -2.20. The van der Waals surface area contributed by atoms with Crippen LogP contribution in [0.5, 0.6) is 11.8 Å². The Morgan fingerprint density at radius 2 is 1.59 bits per heavy atom. The summed E-state index contributed by atoms with van der Waals surface area (Å²) in [6, 6.07) is 3.36. The van der Waals surface area contributed by atoms with Crippen LogP contribution in [0.4, 0.5) is 0 Å². The maximum atomic E-state index is 5.70. The normalized spacial score (nSPS) is 13.2. The van der Waals surface area contributed by atoms with E-state index >= 15 is 0 Å². The molecule has 1 rings (SSSR count). The highest BCUT2D eigenvalue weighted by Gasteiger charge is 2.22. The monoisotopic (exact) mass is 348 g/mol. The highest BCUT2D eigenvalue weighted by Crippen LogP contribution is 2.49. The van der Waals surface area contributed by atoms with E-state index in [0.29, 0.717) is 25.0 Å². The Balaban J connectivity index is 2.66. The first kappa shape index (κ1) is 19.3. The van der Waals surface area contributed by atoms with Gasteiger partial charge in [-0.15, -0.1) is 10.2 Å². The zero-order valence-electron chi connectivity index (χ0n) is 13.8. The summed E-state index contributed by atoms with van der Waals surface area (Å²) in [6.45, 7) is 8.00. The number of ether oxygens (including phenoxy) is 1. The van der Waals surface area contributed by atoms with Crippen LogP contribution in [-0.2, 0) is 20.9 Å². The van der Waals surface area contributed by atoms with Gasteiger partial charge in [-0.2, -0.15) is 0 Å². The minimum absolute atomic E-state index is 0.0819. The average Bonchev–Trinajstić information content (AvgIpc) is 2.40. The van der Waals surface area contributed by atoms with E-state index in [1.807, 2.05) is 20.8 Å². The summed E-state index contributed by atoms with van der Waals surface area (Å²) in [5.74, 6) is 1.30. The molecule has 0 fully saturated rings. The van der Waals surface area contributed by atoms with Gasteiger partial charge < -0.3 is 9.26 Å². The van der Waals surface area contributed by atoms with Gasteiger partial charge in [0.25, 0.3) is 0 Å². The second kappa shape index (κ2) is 9.40. The van der Waals surface area contributed by atoms with Gasteiger partial charge >= 0.3 is 6.72 Å². The highest BCUT2D eigenvalue weighted by atomic mass is 32.5. The van der Waals surface area contributed by atoms with Crippen molar-refractivity contribution < 1.29 is 18.3 Å². The SMILES string of the molecule is CCOP(=S)(OCC)Oc1ccc(OC(C)CC(C)C)nn1. The molecule has 0 radical (unpaired) electrons. The number of aromatic nitrogens is 2. The molecule has 1 atom stereocenters. The van der Waals surface area contributed by atoms with Gasteiger partial charge in [0.1, 0.15) is 0 Å². The van der Waals surface area contributed by atoms with E-state index in [2.05, 4.69) is 24.0 Å². The van der Waals surface area contributed by atoms with Crippen molar-refractivity contribution >= 4 is 18.5 Å². The lowest BCUT2D eigenvalue weighted by atomic mass is 10.1. The molecule has 126 valence electrons. The Labute approximate surface area is 137 Å². The second-order valence-electron chi connectivity index (χ2n) is 5.14. The Kier molecular flexibility index (Phi) is 8.25. The molecule has 1 aromatic rings. The third kappa shape index (κ3) is 7.01. The first-order valence-corrected chi connectivity index (χ1v) is 10.0. The molecule has 0 saturated carbocycles. The molecule has 0 saturated heterocycles. The van der Waals surface area contributed by atoms with Gasteiger partial charge in [0, 0.05) is 23.9 Å². The van der Waals surface area contributed by atoms with Crippen molar-refractivity contribution in [1.82, 2.24) is 10.2 Å². The van der Waals surface area contributed by atoms with Crippen LogP contribution >= 0.6 is 6.72 Å². The smallest absolute Gasteiger partial charge is 0.381 e. The minimum Gasteiger partial charge on any atom is -0.474 e. The average molecular weight is 348 g/mol. The van der Waals surface area contributed by atoms with E-state index in [4.69, 9.17) is 30.1 Å². The fourth-order valence-electron chi connectivity index (χ4n) is 1.86. The standard InChI is InChI=1S/C14H25N2O4PS/c1-6-17-21(22,18-7-2)20-14-9-8-13(15-16-14)19-12(5)10-11(3)4/h8-9,11-12H,6-7,10H2,1-5H3. The van der Waals surface area contributed by atoms with Gasteiger partial charge in [-0.05, 0) is 33.1 Å². The predicted octanol–water partition coefficient (Wildman–Crippen LogP) is 3.97. The molecular formula is C14H25N2O4PS. The molecule has 0 amide bonds. The molecule has 0 N–H and O–H groups in total. The topological polar surface area (TPSA) is 62.7 Å². The molecule has 0 aromatic carbocycles. The zero-order valence-corrected chi connectivity index (χ0v) is 15.5. The van der Waals surface area contributed by atoms with Crippen LogP contribution in [0.3, 0.4) is 0 Å². The molecule has 6 nitrogen and oxygen atoms in total. The zero-order chi connectivity index (χ0) is 16.6. The van der Waals surface area contributed by atoms with E-state index in [9.17, 15) is 0 Å². The van der Waals surface area contributed by atoms with Crippen LogP contribution in [0, 0.1) is 5.92 Å². The van der Waals surface area contributed by atoms with E-state index in [1.54, 1.807) is 12.1 Å². The molecule has 0 spiro atoms. The third-order valence-corrected chi connectivity index (χ3v) is 4.94. The minimum atomic E-state index is -2.81. The predicted molar refractivity (Wildman–Crippen MR) is 89.7 cm³/mol.